The van der Waals surface area contributed by atoms with E-state index < -0.39 is 19.0 Å². The molecule has 2 aliphatic rings. The standard InChI is InChI=1S/C11H15ClF3NO/c12-7-5-8-1-2-9(6-7)16(8)10(17)3-4-11(13,14)15/h7-9H,1-6H2. The predicted octanol–water partition coefficient (Wildman–Crippen LogP) is 3.09. The molecule has 6 heteroatoms. The Balaban J connectivity index is 1.92. The smallest absolute Gasteiger partial charge is 0.337 e. The lowest BCUT2D eigenvalue weighted by Crippen LogP contribution is -2.47. The molecule has 0 aliphatic carbocycles. The summed E-state index contributed by atoms with van der Waals surface area (Å²) in [6.45, 7) is 0. The Bertz CT molecular complexity index is 294. The van der Waals surface area contributed by atoms with Gasteiger partial charge in [-0.15, -0.1) is 11.6 Å². The van der Waals surface area contributed by atoms with Crippen LogP contribution < -0.4 is 0 Å². The Morgan fingerprint density at radius 3 is 2.24 bits per heavy atom. The van der Waals surface area contributed by atoms with Crippen molar-refractivity contribution >= 4 is 17.5 Å². The van der Waals surface area contributed by atoms with Crippen LogP contribution in [0, 0.1) is 0 Å². The fraction of sp³-hybridized carbons (Fsp3) is 0.909. The molecule has 2 saturated heterocycles. The second kappa shape index (κ2) is 4.67. The van der Waals surface area contributed by atoms with Crippen LogP contribution in [0.2, 0.25) is 0 Å². The van der Waals surface area contributed by atoms with Gasteiger partial charge in [-0.25, -0.2) is 0 Å². The molecule has 2 fully saturated rings. The number of carbonyl (C=O) groups is 1. The Kier molecular flexibility index (Phi) is 3.57. The number of hydrogen-bond acceptors (Lipinski definition) is 1. The molecular formula is C11H15ClF3NO. The summed E-state index contributed by atoms with van der Waals surface area (Å²) in [7, 11) is 0. The SMILES string of the molecule is O=C(CCC(F)(F)F)N1C2CCC1CC(Cl)C2. The number of rotatable bonds is 2. The van der Waals surface area contributed by atoms with Crippen LogP contribution in [0.3, 0.4) is 0 Å². The second-order valence-corrected chi connectivity index (χ2v) is 5.49. The first-order chi connectivity index (χ1) is 7.87. The molecule has 0 spiro atoms. The Morgan fingerprint density at radius 1 is 1.24 bits per heavy atom. The van der Waals surface area contributed by atoms with Crippen LogP contribution in [0.5, 0.6) is 0 Å². The molecule has 98 valence electrons. The van der Waals surface area contributed by atoms with Gasteiger partial charge in [-0.1, -0.05) is 0 Å². The zero-order valence-electron chi connectivity index (χ0n) is 9.34. The maximum Gasteiger partial charge on any atom is 0.389 e. The van der Waals surface area contributed by atoms with Crippen LogP contribution in [0.25, 0.3) is 0 Å². The quantitative estimate of drug-likeness (QED) is 0.706. The maximum absolute atomic E-state index is 12.1. The van der Waals surface area contributed by atoms with Crippen LogP contribution in [-0.2, 0) is 4.79 Å². The van der Waals surface area contributed by atoms with Gasteiger partial charge in [0.15, 0.2) is 0 Å². The number of piperidine rings is 1. The fourth-order valence-electron chi connectivity index (χ4n) is 2.90. The van der Waals surface area contributed by atoms with E-state index in [0.29, 0.717) is 0 Å². The van der Waals surface area contributed by atoms with E-state index in [0.717, 1.165) is 25.7 Å². The molecule has 0 saturated carbocycles. The van der Waals surface area contributed by atoms with Crippen molar-refractivity contribution in [1.82, 2.24) is 4.90 Å². The van der Waals surface area contributed by atoms with Gasteiger partial charge in [-0.3, -0.25) is 4.79 Å². The topological polar surface area (TPSA) is 20.3 Å². The van der Waals surface area contributed by atoms with E-state index in [-0.39, 0.29) is 23.4 Å². The maximum atomic E-state index is 12.1. The van der Waals surface area contributed by atoms with Crippen molar-refractivity contribution in [3.8, 4) is 0 Å². The molecule has 0 aromatic carbocycles. The highest BCUT2D eigenvalue weighted by Gasteiger charge is 2.43. The van der Waals surface area contributed by atoms with Gasteiger partial charge in [0, 0.05) is 23.9 Å². The molecule has 2 bridgehead atoms. The van der Waals surface area contributed by atoms with E-state index in [1.807, 2.05) is 0 Å². The fourth-order valence-corrected chi connectivity index (χ4v) is 3.31. The number of amides is 1. The minimum atomic E-state index is -4.25. The van der Waals surface area contributed by atoms with Crippen LogP contribution in [0.15, 0.2) is 0 Å². The molecule has 0 aromatic rings. The Hall–Kier alpha value is -0.450. The summed E-state index contributed by atoms with van der Waals surface area (Å²) >= 11 is 6.05. The second-order valence-electron chi connectivity index (χ2n) is 4.87. The predicted molar refractivity (Wildman–Crippen MR) is 57.8 cm³/mol. The monoisotopic (exact) mass is 269 g/mol. The molecule has 2 unspecified atom stereocenters. The van der Waals surface area contributed by atoms with E-state index in [1.165, 1.54) is 0 Å². The van der Waals surface area contributed by atoms with E-state index in [1.54, 1.807) is 4.90 Å². The third kappa shape index (κ3) is 3.06. The molecule has 2 heterocycles. The summed E-state index contributed by atoms with van der Waals surface area (Å²) in [4.78, 5) is 13.5. The molecule has 0 radical (unpaired) electrons. The molecular weight excluding hydrogens is 255 g/mol. The minimum Gasteiger partial charge on any atom is -0.337 e. The highest BCUT2D eigenvalue weighted by atomic mass is 35.5. The van der Waals surface area contributed by atoms with Gasteiger partial charge in [0.2, 0.25) is 5.91 Å². The number of alkyl halides is 4. The summed E-state index contributed by atoms with van der Waals surface area (Å²) in [5, 5.41) is 0.0687. The van der Waals surface area contributed by atoms with Crippen molar-refractivity contribution < 1.29 is 18.0 Å². The molecule has 1 amide bonds. The highest BCUT2D eigenvalue weighted by Crippen LogP contribution is 2.38. The van der Waals surface area contributed by atoms with Crippen molar-refractivity contribution in [1.29, 1.82) is 0 Å². The van der Waals surface area contributed by atoms with Crippen molar-refractivity contribution in [3.63, 3.8) is 0 Å². The van der Waals surface area contributed by atoms with Gasteiger partial charge in [0.1, 0.15) is 0 Å². The summed E-state index contributed by atoms with van der Waals surface area (Å²) in [5.74, 6) is -0.363. The van der Waals surface area contributed by atoms with Gasteiger partial charge >= 0.3 is 6.18 Å². The molecule has 2 rings (SSSR count). The first-order valence-electron chi connectivity index (χ1n) is 5.89. The zero-order valence-corrected chi connectivity index (χ0v) is 10.1. The first kappa shape index (κ1) is 13.0. The Labute approximate surface area is 103 Å². The van der Waals surface area contributed by atoms with Gasteiger partial charge in [0.05, 0.1) is 6.42 Å². The zero-order chi connectivity index (χ0) is 12.6. The normalized spacial score (nSPS) is 32.9. The summed E-state index contributed by atoms with van der Waals surface area (Å²) in [5.41, 5.74) is 0. The van der Waals surface area contributed by atoms with Gasteiger partial charge in [-0.05, 0) is 25.7 Å². The minimum absolute atomic E-state index is 0.0667. The summed E-state index contributed by atoms with van der Waals surface area (Å²) in [6.07, 6.45) is -2.50. The Morgan fingerprint density at radius 2 is 1.76 bits per heavy atom. The van der Waals surface area contributed by atoms with Crippen LogP contribution in [0.1, 0.15) is 38.5 Å². The van der Waals surface area contributed by atoms with E-state index in [2.05, 4.69) is 0 Å². The lowest BCUT2D eigenvalue weighted by atomic mass is 10.0. The van der Waals surface area contributed by atoms with Gasteiger partial charge in [-0.2, -0.15) is 13.2 Å². The van der Waals surface area contributed by atoms with E-state index in [4.69, 9.17) is 11.6 Å². The average molecular weight is 270 g/mol. The molecule has 2 aliphatic heterocycles. The van der Waals surface area contributed by atoms with Gasteiger partial charge < -0.3 is 4.90 Å². The highest BCUT2D eigenvalue weighted by molar-refractivity contribution is 6.20. The average Bonchev–Trinajstić information content (AvgIpc) is 2.47. The van der Waals surface area contributed by atoms with Gasteiger partial charge in [0.25, 0.3) is 0 Å². The third-order valence-corrected chi connectivity index (χ3v) is 3.94. The summed E-state index contributed by atoms with van der Waals surface area (Å²) < 4.78 is 36.2. The number of carbonyl (C=O) groups excluding carboxylic acids is 1. The van der Waals surface area contributed by atoms with E-state index >= 15 is 0 Å². The van der Waals surface area contributed by atoms with Crippen LogP contribution in [-0.4, -0.2) is 34.4 Å². The van der Waals surface area contributed by atoms with Crippen molar-refractivity contribution in [2.45, 2.75) is 62.2 Å². The van der Waals surface area contributed by atoms with Crippen LogP contribution in [0.4, 0.5) is 13.2 Å². The first-order valence-corrected chi connectivity index (χ1v) is 6.32. The number of nitrogens with zero attached hydrogens (tertiary/aromatic N) is 1. The lowest BCUT2D eigenvalue weighted by molar-refractivity contribution is -0.151. The molecule has 17 heavy (non-hydrogen) atoms. The van der Waals surface area contributed by atoms with Crippen molar-refractivity contribution in [2.24, 2.45) is 0 Å². The lowest BCUT2D eigenvalue weighted by Gasteiger charge is -2.37. The number of halogens is 4. The van der Waals surface area contributed by atoms with E-state index in [9.17, 15) is 18.0 Å². The summed E-state index contributed by atoms with van der Waals surface area (Å²) in [6, 6.07) is 0.133. The van der Waals surface area contributed by atoms with Crippen LogP contribution >= 0.6 is 11.6 Å². The third-order valence-electron chi connectivity index (χ3n) is 3.59. The molecule has 0 N–H and O–H groups in total. The molecule has 2 nitrogen and oxygen atoms in total. The molecule has 0 aromatic heterocycles. The number of fused-ring (bicyclic) bond motifs is 2. The van der Waals surface area contributed by atoms with Crippen molar-refractivity contribution in [2.75, 3.05) is 0 Å². The largest absolute Gasteiger partial charge is 0.389 e. The number of hydrogen-bond donors (Lipinski definition) is 0. The molecule has 2 atom stereocenters. The van der Waals surface area contributed by atoms with Crippen molar-refractivity contribution in [3.05, 3.63) is 0 Å².